The number of hydrogen-bond acceptors (Lipinski definition) is 2. The van der Waals surface area contributed by atoms with Crippen LogP contribution in [0.3, 0.4) is 0 Å². The molecule has 2 rings (SSSR count). The number of hydrogen-bond donors (Lipinski definition) is 1. The van der Waals surface area contributed by atoms with Crippen molar-refractivity contribution in [2.75, 3.05) is 17.7 Å². The first-order valence-electron chi connectivity index (χ1n) is 5.57. The molecule has 0 atom stereocenters. The molecule has 18 heavy (non-hydrogen) atoms. The molecule has 0 saturated carbocycles. The molecule has 0 unspecified atom stereocenters. The molecule has 0 fully saturated rings. The Morgan fingerprint density at radius 2 is 1.94 bits per heavy atom. The molecule has 0 spiro atoms. The standard InChI is InChI=1S/C14H14ClFN2/c1-18(9-10-4-2-3-5-12(10)16)14-8-11(15)6-7-13(14)17/h2-8H,9,17H2,1H3. The van der Waals surface area contributed by atoms with Crippen LogP contribution in [0.1, 0.15) is 5.56 Å². The highest BCUT2D eigenvalue weighted by molar-refractivity contribution is 6.31. The van der Waals surface area contributed by atoms with Gasteiger partial charge in [0.25, 0.3) is 0 Å². The van der Waals surface area contributed by atoms with Gasteiger partial charge >= 0.3 is 0 Å². The molecule has 0 saturated heterocycles. The summed E-state index contributed by atoms with van der Waals surface area (Å²) >= 11 is 5.94. The highest BCUT2D eigenvalue weighted by atomic mass is 35.5. The summed E-state index contributed by atoms with van der Waals surface area (Å²) in [6.07, 6.45) is 0. The van der Waals surface area contributed by atoms with Crippen LogP contribution in [0.4, 0.5) is 15.8 Å². The van der Waals surface area contributed by atoms with Crippen molar-refractivity contribution >= 4 is 23.0 Å². The lowest BCUT2D eigenvalue weighted by atomic mass is 10.2. The molecule has 0 aliphatic carbocycles. The van der Waals surface area contributed by atoms with E-state index in [1.54, 1.807) is 30.3 Å². The lowest BCUT2D eigenvalue weighted by Crippen LogP contribution is -2.18. The highest BCUT2D eigenvalue weighted by Gasteiger charge is 2.09. The van der Waals surface area contributed by atoms with E-state index in [1.165, 1.54) is 6.07 Å². The number of benzene rings is 2. The minimum atomic E-state index is -0.218. The Kier molecular flexibility index (Phi) is 3.72. The van der Waals surface area contributed by atoms with E-state index < -0.39 is 0 Å². The fourth-order valence-electron chi connectivity index (χ4n) is 1.81. The van der Waals surface area contributed by atoms with Crippen LogP contribution in [-0.4, -0.2) is 7.05 Å². The van der Waals surface area contributed by atoms with Gasteiger partial charge in [-0.15, -0.1) is 0 Å². The predicted molar refractivity (Wildman–Crippen MR) is 74.4 cm³/mol. The summed E-state index contributed by atoms with van der Waals surface area (Å²) < 4.78 is 13.6. The van der Waals surface area contributed by atoms with Crippen LogP contribution in [0, 0.1) is 5.82 Å². The average molecular weight is 265 g/mol. The van der Waals surface area contributed by atoms with Crippen LogP contribution < -0.4 is 10.6 Å². The molecule has 0 aliphatic heterocycles. The first kappa shape index (κ1) is 12.7. The van der Waals surface area contributed by atoms with E-state index in [-0.39, 0.29) is 5.82 Å². The number of rotatable bonds is 3. The largest absolute Gasteiger partial charge is 0.397 e. The lowest BCUT2D eigenvalue weighted by Gasteiger charge is -2.21. The van der Waals surface area contributed by atoms with Crippen molar-refractivity contribution in [3.05, 3.63) is 58.9 Å². The van der Waals surface area contributed by atoms with Gasteiger partial charge in [0.1, 0.15) is 5.82 Å². The zero-order chi connectivity index (χ0) is 13.1. The van der Waals surface area contributed by atoms with E-state index in [0.29, 0.717) is 22.8 Å². The SMILES string of the molecule is CN(Cc1ccccc1F)c1cc(Cl)ccc1N. The zero-order valence-corrected chi connectivity index (χ0v) is 10.8. The van der Waals surface area contributed by atoms with Crippen LogP contribution in [0.5, 0.6) is 0 Å². The van der Waals surface area contributed by atoms with E-state index in [4.69, 9.17) is 17.3 Å². The Bertz CT molecular complexity index is 557. The summed E-state index contributed by atoms with van der Waals surface area (Å²) in [6.45, 7) is 0.442. The lowest BCUT2D eigenvalue weighted by molar-refractivity contribution is 0.608. The quantitative estimate of drug-likeness (QED) is 0.857. The second-order valence-corrected chi connectivity index (χ2v) is 4.59. The number of anilines is 2. The molecule has 0 amide bonds. The molecular formula is C14H14ClFN2. The third-order valence-corrected chi connectivity index (χ3v) is 3.00. The van der Waals surface area contributed by atoms with Crippen molar-refractivity contribution in [3.8, 4) is 0 Å². The van der Waals surface area contributed by atoms with Crippen molar-refractivity contribution in [1.29, 1.82) is 0 Å². The molecule has 0 bridgehead atoms. The average Bonchev–Trinajstić information content (AvgIpc) is 2.35. The summed E-state index contributed by atoms with van der Waals surface area (Å²) in [6, 6.07) is 11.9. The molecule has 2 N–H and O–H groups in total. The molecule has 0 heterocycles. The molecule has 0 aromatic heterocycles. The molecular weight excluding hydrogens is 251 g/mol. The van der Waals surface area contributed by atoms with Crippen LogP contribution in [0.25, 0.3) is 0 Å². The van der Waals surface area contributed by atoms with E-state index >= 15 is 0 Å². The van der Waals surface area contributed by atoms with Gasteiger partial charge in [0.15, 0.2) is 0 Å². The normalized spacial score (nSPS) is 10.4. The summed E-state index contributed by atoms with van der Waals surface area (Å²) in [5.41, 5.74) is 7.93. The Balaban J connectivity index is 2.25. The fourth-order valence-corrected chi connectivity index (χ4v) is 1.98. The third kappa shape index (κ3) is 2.74. The maximum Gasteiger partial charge on any atom is 0.128 e. The Hall–Kier alpha value is -1.74. The molecule has 94 valence electrons. The first-order valence-corrected chi connectivity index (χ1v) is 5.95. The number of nitrogens with zero attached hydrogens (tertiary/aromatic N) is 1. The van der Waals surface area contributed by atoms with Gasteiger partial charge in [0.05, 0.1) is 11.4 Å². The summed E-state index contributed by atoms with van der Waals surface area (Å²) in [4.78, 5) is 1.87. The van der Waals surface area contributed by atoms with Gasteiger partial charge in [-0.3, -0.25) is 0 Å². The van der Waals surface area contributed by atoms with E-state index in [2.05, 4.69) is 0 Å². The van der Waals surface area contributed by atoms with Gasteiger partial charge in [0.2, 0.25) is 0 Å². The molecule has 2 aromatic carbocycles. The van der Waals surface area contributed by atoms with Crippen molar-refractivity contribution < 1.29 is 4.39 Å². The summed E-state index contributed by atoms with van der Waals surface area (Å²) in [5, 5.41) is 0.611. The number of halogens is 2. The van der Waals surface area contributed by atoms with Crippen molar-refractivity contribution in [1.82, 2.24) is 0 Å². The monoisotopic (exact) mass is 264 g/mol. The first-order chi connectivity index (χ1) is 8.58. The van der Waals surface area contributed by atoms with Crippen molar-refractivity contribution in [2.45, 2.75) is 6.54 Å². The fraction of sp³-hybridized carbons (Fsp3) is 0.143. The zero-order valence-electron chi connectivity index (χ0n) is 10.0. The minimum Gasteiger partial charge on any atom is -0.397 e. The maximum atomic E-state index is 13.6. The molecule has 2 aromatic rings. The van der Waals surface area contributed by atoms with E-state index in [0.717, 1.165) is 5.69 Å². The van der Waals surface area contributed by atoms with Gasteiger partial charge in [-0.05, 0) is 24.3 Å². The van der Waals surface area contributed by atoms with Crippen molar-refractivity contribution in [2.24, 2.45) is 0 Å². The van der Waals surface area contributed by atoms with Gasteiger partial charge in [-0.1, -0.05) is 29.8 Å². The number of nitrogens with two attached hydrogens (primary N) is 1. The van der Waals surface area contributed by atoms with Crippen LogP contribution >= 0.6 is 11.6 Å². The van der Waals surface area contributed by atoms with Gasteiger partial charge in [-0.2, -0.15) is 0 Å². The highest BCUT2D eigenvalue weighted by Crippen LogP contribution is 2.27. The number of nitrogen functional groups attached to an aromatic ring is 1. The second kappa shape index (κ2) is 5.27. The van der Waals surface area contributed by atoms with Crippen LogP contribution in [-0.2, 0) is 6.54 Å². The summed E-state index contributed by atoms with van der Waals surface area (Å²) in [7, 11) is 1.86. The maximum absolute atomic E-state index is 13.6. The van der Waals surface area contributed by atoms with Gasteiger partial charge in [-0.25, -0.2) is 4.39 Å². The Morgan fingerprint density at radius 3 is 2.67 bits per heavy atom. The van der Waals surface area contributed by atoms with Crippen LogP contribution in [0.15, 0.2) is 42.5 Å². The predicted octanol–water partition coefficient (Wildman–Crippen LogP) is 3.70. The molecule has 0 aliphatic rings. The summed E-state index contributed by atoms with van der Waals surface area (Å²) in [5.74, 6) is -0.218. The second-order valence-electron chi connectivity index (χ2n) is 4.15. The molecule has 0 radical (unpaired) electrons. The topological polar surface area (TPSA) is 29.3 Å². The Morgan fingerprint density at radius 1 is 1.22 bits per heavy atom. The molecule has 2 nitrogen and oxygen atoms in total. The smallest absolute Gasteiger partial charge is 0.128 e. The van der Waals surface area contributed by atoms with Gasteiger partial charge < -0.3 is 10.6 Å². The van der Waals surface area contributed by atoms with E-state index in [1.807, 2.05) is 18.0 Å². The van der Waals surface area contributed by atoms with E-state index in [9.17, 15) is 4.39 Å². The Labute approximate surface area is 111 Å². The van der Waals surface area contributed by atoms with Crippen LogP contribution in [0.2, 0.25) is 5.02 Å². The van der Waals surface area contributed by atoms with Crippen molar-refractivity contribution in [3.63, 3.8) is 0 Å². The molecule has 4 heteroatoms. The third-order valence-electron chi connectivity index (χ3n) is 2.77. The van der Waals surface area contributed by atoms with Gasteiger partial charge in [0, 0.05) is 24.2 Å². The minimum absolute atomic E-state index is 0.218.